The van der Waals surface area contributed by atoms with Crippen molar-refractivity contribution < 1.29 is 19.1 Å². The number of esters is 1. The van der Waals surface area contributed by atoms with E-state index in [4.69, 9.17) is 9.47 Å². The van der Waals surface area contributed by atoms with Gasteiger partial charge in [-0.05, 0) is 25.0 Å². The first-order valence-corrected chi connectivity index (χ1v) is 8.49. The summed E-state index contributed by atoms with van der Waals surface area (Å²) in [6, 6.07) is 7.46. The van der Waals surface area contributed by atoms with Crippen molar-refractivity contribution >= 4 is 17.6 Å². The highest BCUT2D eigenvalue weighted by atomic mass is 16.5. The Morgan fingerprint density at radius 2 is 1.75 bits per heavy atom. The Hall–Kier alpha value is -2.08. The van der Waals surface area contributed by atoms with E-state index in [1.54, 1.807) is 6.07 Å². The van der Waals surface area contributed by atoms with Crippen molar-refractivity contribution in [1.82, 2.24) is 4.90 Å². The number of ether oxygens (including phenoxy) is 2. The normalized spacial score (nSPS) is 19.2. The van der Waals surface area contributed by atoms with Crippen LogP contribution in [0.3, 0.4) is 0 Å². The predicted molar refractivity (Wildman–Crippen MR) is 90.1 cm³/mol. The fourth-order valence-electron chi connectivity index (χ4n) is 3.40. The number of methoxy groups -OCH3 is 1. The first-order valence-electron chi connectivity index (χ1n) is 8.49. The Bertz CT molecular complexity index is 590. The number of hydrogen-bond donors (Lipinski definition) is 0. The molecule has 0 unspecified atom stereocenters. The summed E-state index contributed by atoms with van der Waals surface area (Å²) in [4.78, 5) is 28.6. The molecule has 3 rings (SSSR count). The molecule has 1 aromatic carbocycles. The predicted octanol–water partition coefficient (Wildman–Crippen LogP) is 1.55. The zero-order chi connectivity index (χ0) is 16.9. The van der Waals surface area contributed by atoms with Gasteiger partial charge in [0.2, 0.25) is 5.91 Å². The Labute approximate surface area is 142 Å². The highest BCUT2D eigenvalue weighted by Gasteiger charge is 2.29. The molecule has 1 aromatic rings. The maximum atomic E-state index is 12.6. The van der Waals surface area contributed by atoms with E-state index < -0.39 is 0 Å². The van der Waals surface area contributed by atoms with E-state index >= 15 is 0 Å². The molecule has 0 N–H and O–H groups in total. The van der Waals surface area contributed by atoms with Gasteiger partial charge in [-0.3, -0.25) is 4.79 Å². The zero-order valence-corrected chi connectivity index (χ0v) is 14.1. The van der Waals surface area contributed by atoms with Crippen LogP contribution in [0.25, 0.3) is 0 Å². The number of rotatable bonds is 3. The Balaban J connectivity index is 1.63. The number of amides is 1. The van der Waals surface area contributed by atoms with Crippen LogP contribution >= 0.6 is 0 Å². The van der Waals surface area contributed by atoms with Crippen molar-refractivity contribution in [2.75, 3.05) is 51.4 Å². The van der Waals surface area contributed by atoms with Gasteiger partial charge in [-0.2, -0.15) is 0 Å². The van der Waals surface area contributed by atoms with Crippen LogP contribution in [0.4, 0.5) is 5.69 Å². The molecule has 1 amide bonds. The van der Waals surface area contributed by atoms with E-state index in [0.717, 1.165) is 31.6 Å². The van der Waals surface area contributed by atoms with E-state index in [2.05, 4.69) is 4.90 Å². The van der Waals surface area contributed by atoms with Crippen molar-refractivity contribution in [2.24, 2.45) is 5.92 Å². The molecule has 0 bridgehead atoms. The topological polar surface area (TPSA) is 59.1 Å². The summed E-state index contributed by atoms with van der Waals surface area (Å²) in [5.41, 5.74) is 1.45. The second-order valence-corrected chi connectivity index (χ2v) is 6.21. The minimum Gasteiger partial charge on any atom is -0.465 e. The van der Waals surface area contributed by atoms with E-state index in [1.807, 2.05) is 23.1 Å². The van der Waals surface area contributed by atoms with Crippen molar-refractivity contribution in [2.45, 2.75) is 12.8 Å². The smallest absolute Gasteiger partial charge is 0.339 e. The van der Waals surface area contributed by atoms with Crippen molar-refractivity contribution in [3.63, 3.8) is 0 Å². The number of carbonyl (C=O) groups excluding carboxylic acids is 2. The molecule has 24 heavy (non-hydrogen) atoms. The summed E-state index contributed by atoms with van der Waals surface area (Å²) in [5, 5.41) is 0. The molecule has 6 heteroatoms. The fourth-order valence-corrected chi connectivity index (χ4v) is 3.40. The largest absolute Gasteiger partial charge is 0.465 e. The summed E-state index contributed by atoms with van der Waals surface area (Å²) in [5.74, 6) is 0.0261. The van der Waals surface area contributed by atoms with Crippen LogP contribution in [-0.4, -0.2) is 63.3 Å². The van der Waals surface area contributed by atoms with Crippen LogP contribution in [0.5, 0.6) is 0 Å². The first kappa shape index (κ1) is 16.8. The standard InChI is InChI=1S/C18H24N2O4/c1-23-18(22)15-4-2-3-5-16(15)19-8-10-20(11-9-19)17(21)14-6-12-24-13-7-14/h2-5,14H,6-13H2,1H3. The third-order valence-corrected chi connectivity index (χ3v) is 4.81. The van der Waals surface area contributed by atoms with Crippen LogP contribution in [0, 0.1) is 5.92 Å². The summed E-state index contributed by atoms with van der Waals surface area (Å²) >= 11 is 0. The maximum absolute atomic E-state index is 12.6. The fraction of sp³-hybridized carbons (Fsp3) is 0.556. The molecule has 0 atom stereocenters. The van der Waals surface area contributed by atoms with E-state index in [1.165, 1.54) is 7.11 Å². The van der Waals surface area contributed by atoms with E-state index in [9.17, 15) is 9.59 Å². The lowest BCUT2D eigenvalue weighted by molar-refractivity contribution is -0.138. The molecule has 2 heterocycles. The van der Waals surface area contributed by atoms with Gasteiger partial charge in [-0.1, -0.05) is 12.1 Å². The molecule has 0 aliphatic carbocycles. The summed E-state index contributed by atoms with van der Waals surface area (Å²) < 4.78 is 10.2. The number of hydrogen-bond acceptors (Lipinski definition) is 5. The van der Waals surface area contributed by atoms with Gasteiger partial charge in [0.25, 0.3) is 0 Å². The highest BCUT2D eigenvalue weighted by molar-refractivity contribution is 5.95. The summed E-state index contributed by atoms with van der Waals surface area (Å²) in [6.45, 7) is 4.19. The van der Waals surface area contributed by atoms with Crippen LogP contribution in [0.15, 0.2) is 24.3 Å². The molecule has 2 aliphatic heterocycles. The van der Waals surface area contributed by atoms with Gasteiger partial charge in [-0.25, -0.2) is 4.79 Å². The second-order valence-electron chi connectivity index (χ2n) is 6.21. The third kappa shape index (κ3) is 3.53. The van der Waals surface area contributed by atoms with E-state index in [0.29, 0.717) is 31.9 Å². The summed E-state index contributed by atoms with van der Waals surface area (Å²) in [6.07, 6.45) is 1.65. The molecule has 6 nitrogen and oxygen atoms in total. The molecule has 2 aliphatic rings. The molecule has 0 radical (unpaired) electrons. The number of anilines is 1. The Morgan fingerprint density at radius 3 is 2.42 bits per heavy atom. The van der Waals surface area contributed by atoms with Crippen LogP contribution in [-0.2, 0) is 14.3 Å². The van der Waals surface area contributed by atoms with Crippen LogP contribution in [0.1, 0.15) is 23.2 Å². The van der Waals surface area contributed by atoms with Gasteiger partial charge >= 0.3 is 5.97 Å². The van der Waals surface area contributed by atoms with Gasteiger partial charge in [0.1, 0.15) is 0 Å². The quantitative estimate of drug-likeness (QED) is 0.786. The Morgan fingerprint density at radius 1 is 1.08 bits per heavy atom. The number of piperazine rings is 1. The maximum Gasteiger partial charge on any atom is 0.339 e. The van der Waals surface area contributed by atoms with Gasteiger partial charge in [0.05, 0.1) is 18.4 Å². The minimum atomic E-state index is -0.327. The number of nitrogens with zero attached hydrogens (tertiary/aromatic N) is 2. The van der Waals surface area contributed by atoms with Crippen LogP contribution in [0.2, 0.25) is 0 Å². The number of carbonyl (C=O) groups is 2. The lowest BCUT2D eigenvalue weighted by atomic mass is 9.98. The molecular formula is C18H24N2O4. The minimum absolute atomic E-state index is 0.104. The lowest BCUT2D eigenvalue weighted by Gasteiger charge is -2.38. The zero-order valence-electron chi connectivity index (χ0n) is 14.1. The molecule has 130 valence electrons. The van der Waals surface area contributed by atoms with Gasteiger partial charge in [-0.15, -0.1) is 0 Å². The summed E-state index contributed by atoms with van der Waals surface area (Å²) in [7, 11) is 1.39. The lowest BCUT2D eigenvalue weighted by Crippen LogP contribution is -2.51. The monoisotopic (exact) mass is 332 g/mol. The average molecular weight is 332 g/mol. The average Bonchev–Trinajstić information content (AvgIpc) is 2.67. The van der Waals surface area contributed by atoms with Gasteiger partial charge in [0.15, 0.2) is 0 Å². The second kappa shape index (κ2) is 7.66. The first-order chi connectivity index (χ1) is 11.7. The van der Waals surface area contributed by atoms with Crippen molar-refractivity contribution in [3.8, 4) is 0 Å². The third-order valence-electron chi connectivity index (χ3n) is 4.81. The van der Waals surface area contributed by atoms with Crippen molar-refractivity contribution in [1.29, 1.82) is 0 Å². The molecule has 0 saturated carbocycles. The Kier molecular flexibility index (Phi) is 5.35. The molecule has 2 fully saturated rings. The van der Waals surface area contributed by atoms with Crippen molar-refractivity contribution in [3.05, 3.63) is 29.8 Å². The number of para-hydroxylation sites is 1. The van der Waals surface area contributed by atoms with Gasteiger partial charge in [0, 0.05) is 45.3 Å². The molecule has 0 spiro atoms. The number of benzene rings is 1. The van der Waals surface area contributed by atoms with Crippen LogP contribution < -0.4 is 4.90 Å². The molecule has 0 aromatic heterocycles. The molecule has 2 saturated heterocycles. The molecular weight excluding hydrogens is 308 g/mol. The highest BCUT2D eigenvalue weighted by Crippen LogP contribution is 2.24. The van der Waals surface area contributed by atoms with E-state index in [-0.39, 0.29) is 17.8 Å². The SMILES string of the molecule is COC(=O)c1ccccc1N1CCN(C(=O)C2CCOCC2)CC1. The van der Waals surface area contributed by atoms with Gasteiger partial charge < -0.3 is 19.3 Å².